The van der Waals surface area contributed by atoms with Gasteiger partial charge in [0.2, 0.25) is 5.91 Å². The van der Waals surface area contributed by atoms with Crippen LogP contribution >= 0.6 is 0 Å². The second-order valence-corrected chi connectivity index (χ2v) is 7.73. The van der Waals surface area contributed by atoms with Crippen molar-refractivity contribution in [2.75, 3.05) is 0 Å². The number of rotatable bonds is 4. The topological polar surface area (TPSA) is 70.7 Å². The van der Waals surface area contributed by atoms with E-state index in [-0.39, 0.29) is 17.7 Å². The molecule has 4 aromatic rings. The Morgan fingerprint density at radius 1 is 0.938 bits per heavy atom. The minimum absolute atomic E-state index is 0.152. The highest BCUT2D eigenvalue weighted by Gasteiger charge is 2.35. The van der Waals surface area contributed by atoms with Crippen LogP contribution in [0.25, 0.3) is 16.9 Å². The van der Waals surface area contributed by atoms with Gasteiger partial charge in [0.25, 0.3) is 0 Å². The average Bonchev–Trinajstić information content (AvgIpc) is 3.46. The van der Waals surface area contributed by atoms with Crippen molar-refractivity contribution in [1.82, 2.24) is 14.8 Å². The van der Waals surface area contributed by atoms with Crippen LogP contribution in [0.2, 0.25) is 0 Å². The molecule has 2 heterocycles. The average molecular weight is 422 g/mol. The van der Waals surface area contributed by atoms with Gasteiger partial charge >= 0.3 is 0 Å². The van der Waals surface area contributed by atoms with Gasteiger partial charge in [-0.15, -0.1) is 0 Å². The highest BCUT2D eigenvalue weighted by atomic mass is 16.3. The van der Waals surface area contributed by atoms with Crippen molar-refractivity contribution in [1.29, 1.82) is 0 Å². The minimum atomic E-state index is -0.324. The van der Waals surface area contributed by atoms with E-state index in [1.165, 1.54) is 11.9 Å². The molecule has 1 unspecified atom stereocenters. The van der Waals surface area contributed by atoms with Gasteiger partial charge in [-0.25, -0.2) is 9.69 Å². The van der Waals surface area contributed by atoms with Crippen LogP contribution in [0.5, 0.6) is 5.75 Å². The number of amides is 1. The van der Waals surface area contributed by atoms with E-state index in [1.807, 2.05) is 83.7 Å². The van der Waals surface area contributed by atoms with E-state index >= 15 is 0 Å². The molecule has 0 saturated carbocycles. The first-order valence-electron chi connectivity index (χ1n) is 10.5. The van der Waals surface area contributed by atoms with Crippen LogP contribution in [0.1, 0.15) is 30.5 Å². The van der Waals surface area contributed by atoms with E-state index in [0.717, 1.165) is 22.5 Å². The maximum absolute atomic E-state index is 12.5. The number of para-hydroxylation sites is 2. The van der Waals surface area contributed by atoms with E-state index in [0.29, 0.717) is 17.7 Å². The molecule has 6 nitrogen and oxygen atoms in total. The first-order chi connectivity index (χ1) is 15.6. The van der Waals surface area contributed by atoms with E-state index in [4.69, 9.17) is 5.10 Å². The molecule has 1 atom stereocenters. The molecule has 1 N–H and O–H groups in total. The summed E-state index contributed by atoms with van der Waals surface area (Å²) in [5.74, 6) is -0.00874. The quantitative estimate of drug-likeness (QED) is 0.506. The van der Waals surface area contributed by atoms with Crippen LogP contribution in [0.4, 0.5) is 0 Å². The molecule has 158 valence electrons. The number of hydrazone groups is 1. The van der Waals surface area contributed by atoms with Crippen LogP contribution in [0, 0.1) is 0 Å². The molecule has 1 aliphatic rings. The lowest BCUT2D eigenvalue weighted by Crippen LogP contribution is -2.24. The minimum Gasteiger partial charge on any atom is -0.507 e. The van der Waals surface area contributed by atoms with E-state index in [2.05, 4.69) is 5.10 Å². The summed E-state index contributed by atoms with van der Waals surface area (Å²) >= 11 is 0. The number of carbonyl (C=O) groups is 1. The molecule has 1 amide bonds. The largest absolute Gasteiger partial charge is 0.507 e. The van der Waals surface area contributed by atoms with Crippen molar-refractivity contribution in [2.24, 2.45) is 5.10 Å². The second kappa shape index (κ2) is 8.15. The highest BCUT2D eigenvalue weighted by molar-refractivity contribution is 6.05. The summed E-state index contributed by atoms with van der Waals surface area (Å²) in [4.78, 5) is 12.5. The Labute approximate surface area is 186 Å². The molecular formula is C26H22N4O2. The molecular weight excluding hydrogens is 400 g/mol. The number of aromatic nitrogens is 2. The first-order valence-corrected chi connectivity index (χ1v) is 10.5. The van der Waals surface area contributed by atoms with Gasteiger partial charge in [0.15, 0.2) is 0 Å². The second-order valence-electron chi connectivity index (χ2n) is 7.73. The maximum Gasteiger partial charge on any atom is 0.240 e. The molecule has 0 aliphatic carbocycles. The molecule has 1 aliphatic heterocycles. The van der Waals surface area contributed by atoms with E-state index in [9.17, 15) is 9.90 Å². The molecule has 0 saturated heterocycles. The van der Waals surface area contributed by atoms with Gasteiger partial charge in [0.05, 0.1) is 23.1 Å². The van der Waals surface area contributed by atoms with Crippen LogP contribution in [0.3, 0.4) is 0 Å². The molecule has 0 bridgehead atoms. The van der Waals surface area contributed by atoms with Gasteiger partial charge in [-0.3, -0.25) is 4.79 Å². The Morgan fingerprint density at radius 2 is 1.59 bits per heavy atom. The highest BCUT2D eigenvalue weighted by Crippen LogP contribution is 2.39. The normalized spacial score (nSPS) is 15.6. The van der Waals surface area contributed by atoms with E-state index in [1.54, 1.807) is 12.1 Å². The summed E-state index contributed by atoms with van der Waals surface area (Å²) in [5, 5.41) is 21.3. The maximum atomic E-state index is 12.5. The van der Waals surface area contributed by atoms with Crippen LogP contribution < -0.4 is 0 Å². The summed E-state index contributed by atoms with van der Waals surface area (Å²) in [6, 6.07) is 26.6. The predicted molar refractivity (Wildman–Crippen MR) is 124 cm³/mol. The van der Waals surface area contributed by atoms with Gasteiger partial charge in [0.1, 0.15) is 5.75 Å². The Kier molecular flexibility index (Phi) is 5.03. The molecule has 1 aromatic heterocycles. The molecule has 32 heavy (non-hydrogen) atoms. The van der Waals surface area contributed by atoms with Gasteiger partial charge in [-0.1, -0.05) is 60.7 Å². The fraction of sp³-hybridized carbons (Fsp3) is 0.115. The number of carbonyl (C=O) groups excluding carboxylic acids is 1. The first kappa shape index (κ1) is 19.8. The van der Waals surface area contributed by atoms with Crippen molar-refractivity contribution in [3.63, 3.8) is 0 Å². The number of nitrogens with zero attached hydrogens (tertiary/aromatic N) is 4. The number of aromatic hydroxyl groups is 1. The monoisotopic (exact) mass is 422 g/mol. The fourth-order valence-electron chi connectivity index (χ4n) is 4.09. The van der Waals surface area contributed by atoms with Crippen molar-refractivity contribution in [3.8, 4) is 22.7 Å². The van der Waals surface area contributed by atoms with Gasteiger partial charge < -0.3 is 5.11 Å². The van der Waals surface area contributed by atoms with Gasteiger partial charge in [0, 0.05) is 36.2 Å². The summed E-state index contributed by atoms with van der Waals surface area (Å²) < 4.78 is 1.84. The number of hydrogen-bond donors (Lipinski definition) is 1. The van der Waals surface area contributed by atoms with Crippen LogP contribution in [-0.4, -0.2) is 31.5 Å². The summed E-state index contributed by atoms with van der Waals surface area (Å²) in [6.45, 7) is 1.51. The SMILES string of the molecule is CC(=O)N1N=C(c2ccccc2O)CC1c1cn(-c2ccccc2)nc1-c1ccccc1. The third kappa shape index (κ3) is 3.56. The number of hydrogen-bond acceptors (Lipinski definition) is 4. The van der Waals surface area contributed by atoms with Crippen LogP contribution in [-0.2, 0) is 4.79 Å². The van der Waals surface area contributed by atoms with Gasteiger partial charge in [-0.05, 0) is 24.3 Å². The Hall–Kier alpha value is -4.19. The molecule has 0 fully saturated rings. The van der Waals surface area contributed by atoms with Crippen LogP contribution in [0.15, 0.2) is 96.2 Å². The number of benzene rings is 3. The number of phenols is 1. The zero-order valence-corrected chi connectivity index (χ0v) is 17.6. The van der Waals surface area contributed by atoms with Crippen molar-refractivity contribution in [2.45, 2.75) is 19.4 Å². The van der Waals surface area contributed by atoms with Crippen molar-refractivity contribution >= 4 is 11.6 Å². The standard InChI is InChI=1S/C26H22N4O2/c1-18(31)30-24(16-23(27-30)21-14-8-9-15-25(21)32)22-17-29(20-12-6-3-7-13-20)28-26(22)19-10-4-2-5-11-19/h2-15,17,24,32H,16H2,1H3. The lowest BCUT2D eigenvalue weighted by molar-refractivity contribution is -0.130. The zero-order valence-electron chi connectivity index (χ0n) is 17.6. The smallest absolute Gasteiger partial charge is 0.240 e. The lowest BCUT2D eigenvalue weighted by atomic mass is 9.96. The number of phenolic OH excluding ortho intramolecular Hbond substituents is 1. The molecule has 6 heteroatoms. The van der Waals surface area contributed by atoms with Crippen molar-refractivity contribution in [3.05, 3.63) is 102 Å². The Morgan fingerprint density at radius 3 is 2.28 bits per heavy atom. The fourth-order valence-corrected chi connectivity index (χ4v) is 4.09. The summed E-state index contributed by atoms with van der Waals surface area (Å²) in [5.41, 5.74) is 4.93. The predicted octanol–water partition coefficient (Wildman–Crippen LogP) is 4.94. The molecule has 0 radical (unpaired) electrons. The third-order valence-electron chi connectivity index (χ3n) is 5.62. The zero-order chi connectivity index (χ0) is 22.1. The third-order valence-corrected chi connectivity index (χ3v) is 5.62. The molecule has 5 rings (SSSR count). The molecule has 0 spiro atoms. The van der Waals surface area contributed by atoms with Crippen molar-refractivity contribution < 1.29 is 9.90 Å². The Balaban J connectivity index is 1.62. The molecule has 3 aromatic carbocycles. The lowest BCUT2D eigenvalue weighted by Gasteiger charge is -2.20. The summed E-state index contributed by atoms with van der Waals surface area (Å²) in [6.07, 6.45) is 2.46. The Bertz CT molecular complexity index is 1300. The van der Waals surface area contributed by atoms with E-state index < -0.39 is 0 Å². The van der Waals surface area contributed by atoms with Gasteiger partial charge in [-0.2, -0.15) is 10.2 Å². The summed E-state index contributed by atoms with van der Waals surface area (Å²) in [7, 11) is 0.